The van der Waals surface area contributed by atoms with Gasteiger partial charge in [-0.2, -0.15) is 0 Å². The van der Waals surface area contributed by atoms with Crippen molar-refractivity contribution in [2.45, 2.75) is 115 Å². The van der Waals surface area contributed by atoms with Gasteiger partial charge in [-0.25, -0.2) is 0 Å². The molecule has 0 fully saturated rings. The first kappa shape index (κ1) is 79.3. The van der Waals surface area contributed by atoms with Gasteiger partial charge < -0.3 is 0 Å². The van der Waals surface area contributed by atoms with Crippen LogP contribution in [0.25, 0.3) is 6.08 Å². The van der Waals surface area contributed by atoms with E-state index in [9.17, 15) is 0 Å². The Morgan fingerprint density at radius 1 is 0.253 bits per heavy atom. The van der Waals surface area contributed by atoms with Gasteiger partial charge in [0, 0.05) is 24.8 Å². The van der Waals surface area contributed by atoms with Crippen molar-refractivity contribution in [2.24, 2.45) is 0 Å². The summed E-state index contributed by atoms with van der Waals surface area (Å²) in [5.74, 6) is 1.70. The topological polar surface area (TPSA) is 25.8 Å². The molecule has 12 aromatic rings. The average molecular weight is 1200 g/mol. The second-order valence-corrected chi connectivity index (χ2v) is 21.8. The Labute approximate surface area is 553 Å². The molecule has 12 rings (SSSR count). The number of hydrogen-bond acceptors (Lipinski definition) is 2. The Hall–Kier alpha value is -9.76. The van der Waals surface area contributed by atoms with E-state index in [2.05, 4.69) is 274 Å². The van der Waals surface area contributed by atoms with Gasteiger partial charge in [0.1, 0.15) is 0 Å². The lowest BCUT2D eigenvalue weighted by Gasteiger charge is -2.25. The van der Waals surface area contributed by atoms with Crippen molar-refractivity contribution < 1.29 is 0 Å². The van der Waals surface area contributed by atoms with Crippen LogP contribution in [0.1, 0.15) is 126 Å². The standard InChI is InChI=1S/C25H28.4C8H10.C8H8.2C6H6.2C5H5N.2CH4/c1-20(22-12-6-3-7-13-22)18-25(24-16-10-5-11-17-24)19-21(2)23-14-8-4-9-15-23;4*1-7-3-5-8(2)6-4-7;1-2-8-6-4-3-5-7-8;4*1-2-4-6-5-3-1;;/h3-17,20-21,25H,18-19H2,1-2H3;4*3-6H,1-2H3;2-7H,1H2;2*1-6H;2*1-5H;2*1H4. The smallest absolute Gasteiger partial charge is 0.0267 e. The van der Waals surface area contributed by atoms with Gasteiger partial charge in [0.05, 0.1) is 0 Å². The zero-order valence-corrected chi connectivity index (χ0v) is 54.8. The second kappa shape index (κ2) is 52.2. The van der Waals surface area contributed by atoms with Crippen LogP contribution in [0.5, 0.6) is 0 Å². The number of rotatable bonds is 8. The minimum Gasteiger partial charge on any atom is -0.265 e. The molecule has 472 valence electrons. The molecule has 2 unspecified atom stereocenters. The van der Waals surface area contributed by atoms with Gasteiger partial charge in [-0.3, -0.25) is 9.97 Å². The van der Waals surface area contributed by atoms with E-state index in [0.717, 1.165) is 0 Å². The number of benzene rings is 10. The predicted molar refractivity (Wildman–Crippen MR) is 403 cm³/mol. The summed E-state index contributed by atoms with van der Waals surface area (Å²) in [6.07, 6.45) is 11.2. The highest BCUT2D eigenvalue weighted by molar-refractivity contribution is 5.45. The van der Waals surface area contributed by atoms with E-state index < -0.39 is 0 Å². The van der Waals surface area contributed by atoms with Crippen molar-refractivity contribution in [3.63, 3.8) is 0 Å². The maximum absolute atomic E-state index is 3.78. The molecule has 0 aliphatic rings. The summed E-state index contributed by atoms with van der Waals surface area (Å²) in [5.41, 5.74) is 16.2. The molecule has 91 heavy (non-hydrogen) atoms. The molecule has 0 aliphatic carbocycles. The van der Waals surface area contributed by atoms with Crippen LogP contribution >= 0.6 is 0 Å². The van der Waals surface area contributed by atoms with Crippen LogP contribution in [0.3, 0.4) is 0 Å². The van der Waals surface area contributed by atoms with Gasteiger partial charge in [-0.05, 0) is 133 Å². The van der Waals surface area contributed by atoms with Gasteiger partial charge >= 0.3 is 0 Å². The lowest BCUT2D eigenvalue weighted by molar-refractivity contribution is 0.489. The second-order valence-electron chi connectivity index (χ2n) is 21.8. The summed E-state index contributed by atoms with van der Waals surface area (Å²) >= 11 is 0. The Morgan fingerprint density at radius 2 is 0.429 bits per heavy atom. The van der Waals surface area contributed by atoms with E-state index in [0.29, 0.717) is 17.8 Å². The monoisotopic (exact) mass is 1200 g/mol. The Morgan fingerprint density at radius 3 is 0.593 bits per heavy atom. The summed E-state index contributed by atoms with van der Waals surface area (Å²) in [4.78, 5) is 7.57. The van der Waals surface area contributed by atoms with Crippen LogP contribution in [0, 0.1) is 55.4 Å². The molecule has 2 aromatic heterocycles. The minimum atomic E-state index is 0. The normalized spacial score (nSPS) is 10.1. The maximum atomic E-state index is 3.78. The lowest BCUT2D eigenvalue weighted by atomic mass is 9.80. The van der Waals surface area contributed by atoms with E-state index in [-0.39, 0.29) is 14.9 Å². The molecule has 0 saturated carbocycles. The van der Waals surface area contributed by atoms with Crippen LogP contribution in [0.2, 0.25) is 0 Å². The molecule has 0 bridgehead atoms. The van der Waals surface area contributed by atoms with Gasteiger partial charge in [0.2, 0.25) is 0 Å². The zero-order chi connectivity index (χ0) is 64.2. The fraction of sp³-hybridized carbons (Fsp3) is 0.191. The molecule has 0 amide bonds. The largest absolute Gasteiger partial charge is 0.265 e. The molecule has 10 aromatic carbocycles. The van der Waals surface area contributed by atoms with Gasteiger partial charge in [-0.1, -0.05) is 389 Å². The summed E-state index contributed by atoms with van der Waals surface area (Å²) < 4.78 is 0. The average Bonchev–Trinajstić information content (AvgIpc) is 3.80. The summed E-state index contributed by atoms with van der Waals surface area (Å²) in [5, 5.41) is 0. The van der Waals surface area contributed by atoms with E-state index >= 15 is 0 Å². The Balaban J connectivity index is 0.000000534. The van der Waals surface area contributed by atoms with Crippen LogP contribution in [-0.4, -0.2) is 9.97 Å². The fourth-order valence-corrected chi connectivity index (χ4v) is 8.31. The van der Waals surface area contributed by atoms with Gasteiger partial charge in [0.25, 0.3) is 0 Å². The molecular weight excluding hydrogens is 1100 g/mol. The highest BCUT2D eigenvalue weighted by Gasteiger charge is 2.20. The number of aryl methyl sites for hydroxylation is 8. The predicted octanol–water partition coefficient (Wildman–Crippen LogP) is 25.5. The van der Waals surface area contributed by atoms with Crippen molar-refractivity contribution in [1.29, 1.82) is 0 Å². The third kappa shape index (κ3) is 41.9. The molecule has 0 saturated heterocycles. The van der Waals surface area contributed by atoms with Crippen LogP contribution in [0.4, 0.5) is 0 Å². The van der Waals surface area contributed by atoms with Crippen molar-refractivity contribution >= 4 is 6.08 Å². The van der Waals surface area contributed by atoms with E-state index in [1.165, 1.54) is 79.6 Å². The van der Waals surface area contributed by atoms with Crippen molar-refractivity contribution in [1.82, 2.24) is 9.97 Å². The molecule has 2 heterocycles. The number of pyridine rings is 2. The van der Waals surface area contributed by atoms with Gasteiger partial charge in [0.15, 0.2) is 0 Å². The van der Waals surface area contributed by atoms with Crippen LogP contribution in [0.15, 0.2) is 359 Å². The van der Waals surface area contributed by atoms with Crippen molar-refractivity contribution in [3.8, 4) is 0 Å². The Kier molecular flexibility index (Phi) is 45.5. The quantitative estimate of drug-likeness (QED) is 0.152. The van der Waals surface area contributed by atoms with Crippen molar-refractivity contribution in [3.05, 3.63) is 426 Å². The molecular formula is C89H106N2. The molecule has 0 radical (unpaired) electrons. The van der Waals surface area contributed by atoms with Crippen molar-refractivity contribution in [2.75, 3.05) is 0 Å². The summed E-state index contributed by atoms with van der Waals surface area (Å²) in [6.45, 7) is 25.1. The van der Waals surface area contributed by atoms with Crippen LogP contribution in [-0.2, 0) is 0 Å². The number of aromatic nitrogens is 2. The molecule has 2 atom stereocenters. The third-order valence-electron chi connectivity index (χ3n) is 13.7. The SMILES string of the molecule is C.C.C=Cc1ccccc1.CC(CC(CC(C)c1ccccc1)c1ccccc1)c1ccccc1.Cc1ccc(C)cc1.Cc1ccc(C)cc1.Cc1ccc(C)cc1.Cc1ccc(C)cc1.c1ccccc1.c1ccccc1.c1ccncc1.c1ccncc1. The Bertz CT molecular complexity index is 2900. The fourth-order valence-electron chi connectivity index (χ4n) is 8.31. The lowest BCUT2D eigenvalue weighted by Crippen LogP contribution is -2.08. The molecule has 2 heteroatoms. The highest BCUT2D eigenvalue weighted by Crippen LogP contribution is 2.37. The summed E-state index contributed by atoms with van der Waals surface area (Å²) in [7, 11) is 0. The molecule has 0 spiro atoms. The van der Waals surface area contributed by atoms with E-state index in [1.54, 1.807) is 24.8 Å². The minimum absolute atomic E-state index is 0. The number of hydrogen-bond donors (Lipinski definition) is 0. The molecule has 0 aliphatic heterocycles. The van der Waals surface area contributed by atoms with E-state index in [1.807, 2.05) is 146 Å². The highest BCUT2D eigenvalue weighted by atomic mass is 14.6. The van der Waals surface area contributed by atoms with Crippen LogP contribution < -0.4 is 0 Å². The van der Waals surface area contributed by atoms with E-state index in [4.69, 9.17) is 0 Å². The summed E-state index contributed by atoms with van der Waals surface area (Å²) in [6, 6.07) is 112. The third-order valence-corrected chi connectivity index (χ3v) is 13.7. The number of nitrogens with zero attached hydrogens (tertiary/aromatic N) is 2. The maximum Gasteiger partial charge on any atom is 0.0267 e. The molecule has 0 N–H and O–H groups in total. The molecule has 2 nitrogen and oxygen atoms in total. The first-order valence-electron chi connectivity index (χ1n) is 31.0. The first-order valence-corrected chi connectivity index (χ1v) is 31.0. The van der Waals surface area contributed by atoms with Gasteiger partial charge in [-0.15, -0.1) is 0 Å². The zero-order valence-electron chi connectivity index (χ0n) is 54.8. The first-order chi connectivity index (χ1) is 43.3.